The van der Waals surface area contributed by atoms with E-state index < -0.39 is 12.0 Å². The van der Waals surface area contributed by atoms with Gasteiger partial charge in [0.15, 0.2) is 0 Å². The van der Waals surface area contributed by atoms with Gasteiger partial charge in [0.1, 0.15) is 6.04 Å². The van der Waals surface area contributed by atoms with Gasteiger partial charge in [0.2, 0.25) is 0 Å². The van der Waals surface area contributed by atoms with Crippen LogP contribution < -0.4 is 10.6 Å². The van der Waals surface area contributed by atoms with Crippen molar-refractivity contribution in [2.75, 3.05) is 0 Å². The molecule has 0 heterocycles. The number of carboxylic acid groups (broad SMARTS) is 1. The monoisotopic (exact) mass is 270 g/mol. The van der Waals surface area contributed by atoms with E-state index in [1.807, 2.05) is 6.92 Å². The molecule has 0 spiro atoms. The molecular formula is C14H26N2O3. The normalized spacial score (nSPS) is 17.9. The second kappa shape index (κ2) is 7.36. The third kappa shape index (κ3) is 6.45. The summed E-state index contributed by atoms with van der Waals surface area (Å²) in [4.78, 5) is 22.7. The summed E-state index contributed by atoms with van der Waals surface area (Å²) in [5.41, 5.74) is 0. The lowest BCUT2D eigenvalue weighted by molar-refractivity contribution is -0.139. The summed E-state index contributed by atoms with van der Waals surface area (Å²) in [5, 5.41) is 14.4. The van der Waals surface area contributed by atoms with Crippen LogP contribution in [0.25, 0.3) is 0 Å². The summed E-state index contributed by atoms with van der Waals surface area (Å²) in [5.74, 6) is -0.156. The molecule has 3 N–H and O–H groups in total. The number of hydrogen-bond donors (Lipinski definition) is 3. The fraction of sp³-hybridized carbons (Fsp3) is 0.857. The van der Waals surface area contributed by atoms with Gasteiger partial charge in [-0.2, -0.15) is 0 Å². The third-order valence-electron chi connectivity index (χ3n) is 3.44. The Morgan fingerprint density at radius 3 is 2.26 bits per heavy atom. The molecule has 1 fully saturated rings. The number of hydrogen-bond acceptors (Lipinski definition) is 2. The predicted octanol–water partition coefficient (Wildman–Crippen LogP) is 2.36. The summed E-state index contributed by atoms with van der Waals surface area (Å²) >= 11 is 0. The smallest absolute Gasteiger partial charge is 0.326 e. The molecule has 0 saturated heterocycles. The second-order valence-corrected chi connectivity index (χ2v) is 6.00. The Hall–Kier alpha value is -1.26. The van der Waals surface area contributed by atoms with Crippen molar-refractivity contribution in [3.05, 3.63) is 0 Å². The molecule has 2 amide bonds. The molecule has 0 aromatic heterocycles. The van der Waals surface area contributed by atoms with Crippen LogP contribution >= 0.6 is 0 Å². The molecule has 2 atom stereocenters. The maximum atomic E-state index is 11.7. The highest BCUT2D eigenvalue weighted by molar-refractivity contribution is 5.83. The average Bonchev–Trinajstić information content (AvgIpc) is 3.08. The van der Waals surface area contributed by atoms with Crippen molar-refractivity contribution in [3.8, 4) is 0 Å². The number of amides is 2. The highest BCUT2D eigenvalue weighted by Crippen LogP contribution is 2.32. The minimum absolute atomic E-state index is 0.0763. The average molecular weight is 270 g/mol. The molecule has 2 unspecified atom stereocenters. The van der Waals surface area contributed by atoms with E-state index >= 15 is 0 Å². The van der Waals surface area contributed by atoms with Crippen LogP contribution in [0.3, 0.4) is 0 Å². The standard InChI is InChI=1S/C14H26N2O3/c1-9(2)5-4-6-10(3)15-14(19)16-12(13(17)18)11-7-8-11/h9-12H,4-8H2,1-3H3,(H,17,18)(H2,15,16,19). The molecular weight excluding hydrogens is 244 g/mol. The van der Waals surface area contributed by atoms with E-state index in [1.54, 1.807) is 0 Å². The van der Waals surface area contributed by atoms with Gasteiger partial charge in [-0.1, -0.05) is 26.7 Å². The Kier molecular flexibility index (Phi) is 6.12. The van der Waals surface area contributed by atoms with Gasteiger partial charge in [-0.3, -0.25) is 0 Å². The molecule has 0 radical (unpaired) electrons. The number of rotatable bonds is 8. The van der Waals surface area contributed by atoms with E-state index in [0.29, 0.717) is 5.92 Å². The molecule has 0 aromatic rings. The first-order chi connectivity index (χ1) is 8.90. The molecule has 0 aromatic carbocycles. The van der Waals surface area contributed by atoms with Gasteiger partial charge in [-0.15, -0.1) is 0 Å². The molecule has 1 rings (SSSR count). The Bertz CT molecular complexity index is 314. The molecule has 1 aliphatic rings. The lowest BCUT2D eigenvalue weighted by atomic mass is 10.0. The Balaban J connectivity index is 2.23. The predicted molar refractivity (Wildman–Crippen MR) is 74.0 cm³/mol. The number of carboxylic acids is 1. The third-order valence-corrected chi connectivity index (χ3v) is 3.44. The van der Waals surface area contributed by atoms with Gasteiger partial charge in [-0.05, 0) is 38.0 Å². The van der Waals surface area contributed by atoms with Crippen molar-refractivity contribution in [1.29, 1.82) is 0 Å². The summed E-state index contributed by atoms with van der Waals surface area (Å²) in [7, 11) is 0. The van der Waals surface area contributed by atoms with Gasteiger partial charge in [0.25, 0.3) is 0 Å². The first-order valence-electron chi connectivity index (χ1n) is 7.20. The Labute approximate surface area is 115 Å². The minimum Gasteiger partial charge on any atom is -0.480 e. The van der Waals surface area contributed by atoms with Crippen molar-refractivity contribution in [1.82, 2.24) is 10.6 Å². The van der Waals surface area contributed by atoms with Crippen molar-refractivity contribution in [2.24, 2.45) is 11.8 Å². The van der Waals surface area contributed by atoms with Gasteiger partial charge in [0, 0.05) is 6.04 Å². The molecule has 1 aliphatic carbocycles. The van der Waals surface area contributed by atoms with Crippen LogP contribution in [0.15, 0.2) is 0 Å². The minimum atomic E-state index is -0.940. The van der Waals surface area contributed by atoms with Gasteiger partial charge in [-0.25, -0.2) is 9.59 Å². The largest absolute Gasteiger partial charge is 0.480 e. The first-order valence-corrected chi connectivity index (χ1v) is 7.20. The molecule has 19 heavy (non-hydrogen) atoms. The van der Waals surface area contributed by atoms with E-state index in [4.69, 9.17) is 5.11 Å². The van der Waals surface area contributed by atoms with Gasteiger partial charge >= 0.3 is 12.0 Å². The van der Waals surface area contributed by atoms with E-state index in [-0.39, 0.29) is 18.0 Å². The maximum absolute atomic E-state index is 11.7. The molecule has 1 saturated carbocycles. The van der Waals surface area contributed by atoms with Crippen LogP contribution in [0.5, 0.6) is 0 Å². The lowest BCUT2D eigenvalue weighted by Crippen LogP contribution is -2.49. The molecule has 0 aliphatic heterocycles. The zero-order chi connectivity index (χ0) is 14.4. The number of urea groups is 1. The fourth-order valence-corrected chi connectivity index (χ4v) is 2.12. The van der Waals surface area contributed by atoms with Crippen molar-refractivity contribution >= 4 is 12.0 Å². The van der Waals surface area contributed by atoms with Crippen molar-refractivity contribution < 1.29 is 14.7 Å². The number of nitrogens with one attached hydrogen (secondary N) is 2. The van der Waals surface area contributed by atoms with Gasteiger partial charge < -0.3 is 15.7 Å². The number of aliphatic carboxylic acids is 1. The van der Waals surface area contributed by atoms with Crippen LogP contribution in [0.4, 0.5) is 4.79 Å². The summed E-state index contributed by atoms with van der Waals surface area (Å²) in [6.45, 7) is 6.31. The SMILES string of the molecule is CC(C)CCCC(C)NC(=O)NC(C(=O)O)C1CC1. The molecule has 110 valence electrons. The number of carbonyl (C=O) groups excluding carboxylic acids is 1. The molecule has 0 bridgehead atoms. The van der Waals surface area contributed by atoms with E-state index in [1.165, 1.54) is 0 Å². The zero-order valence-electron chi connectivity index (χ0n) is 12.1. The van der Waals surface area contributed by atoms with Crippen LogP contribution in [0.1, 0.15) is 52.9 Å². The van der Waals surface area contributed by atoms with Crippen LogP contribution in [-0.2, 0) is 4.79 Å². The highest BCUT2D eigenvalue weighted by Gasteiger charge is 2.37. The van der Waals surface area contributed by atoms with Crippen molar-refractivity contribution in [3.63, 3.8) is 0 Å². The zero-order valence-corrected chi connectivity index (χ0v) is 12.1. The van der Waals surface area contributed by atoms with Gasteiger partial charge in [0.05, 0.1) is 0 Å². The fourth-order valence-electron chi connectivity index (χ4n) is 2.12. The topological polar surface area (TPSA) is 78.4 Å². The highest BCUT2D eigenvalue weighted by atomic mass is 16.4. The number of carbonyl (C=O) groups is 2. The van der Waals surface area contributed by atoms with E-state index in [2.05, 4.69) is 24.5 Å². The quantitative estimate of drug-likeness (QED) is 0.633. The summed E-state index contributed by atoms with van der Waals surface area (Å²) in [6, 6.07) is -1.02. The lowest BCUT2D eigenvalue weighted by Gasteiger charge is -2.18. The maximum Gasteiger partial charge on any atom is 0.326 e. The molecule has 5 nitrogen and oxygen atoms in total. The Morgan fingerprint density at radius 2 is 1.79 bits per heavy atom. The first kappa shape index (κ1) is 15.8. The van der Waals surface area contributed by atoms with Crippen molar-refractivity contribution in [2.45, 2.75) is 65.0 Å². The summed E-state index contributed by atoms with van der Waals surface area (Å²) < 4.78 is 0. The van der Waals surface area contributed by atoms with E-state index in [0.717, 1.165) is 32.1 Å². The van der Waals surface area contributed by atoms with Crippen LogP contribution in [0, 0.1) is 11.8 Å². The van der Waals surface area contributed by atoms with Crippen LogP contribution in [-0.4, -0.2) is 29.2 Å². The second-order valence-electron chi connectivity index (χ2n) is 6.00. The molecule has 5 heteroatoms. The van der Waals surface area contributed by atoms with E-state index in [9.17, 15) is 9.59 Å². The summed E-state index contributed by atoms with van der Waals surface area (Å²) in [6.07, 6.45) is 4.92. The van der Waals surface area contributed by atoms with Crippen LogP contribution in [0.2, 0.25) is 0 Å². The Morgan fingerprint density at radius 1 is 1.16 bits per heavy atom.